The molecule has 15 heavy (non-hydrogen) atoms. The molecule has 1 unspecified atom stereocenters. The highest BCUT2D eigenvalue weighted by Crippen LogP contribution is 2.17. The molecule has 1 fully saturated rings. The van der Waals surface area contributed by atoms with Crippen LogP contribution in [-0.4, -0.2) is 63.6 Å². The average Bonchev–Trinajstić information content (AvgIpc) is 2.21. The predicted molar refractivity (Wildman–Crippen MR) is 54.3 cm³/mol. The second-order valence-corrected chi connectivity index (χ2v) is 3.61. The molecule has 7 heteroatoms. The van der Waals surface area contributed by atoms with E-state index in [0.717, 1.165) is 5.88 Å². The van der Waals surface area contributed by atoms with Crippen molar-refractivity contribution in [3.05, 3.63) is 0 Å². The SMILES string of the molecule is CCCl.N[C@H]1C(O)O[C@H](CO)[C@@H](O)[C@@H]1O. The first-order chi connectivity index (χ1) is 6.99. The van der Waals surface area contributed by atoms with Crippen LogP contribution in [-0.2, 0) is 4.74 Å². The van der Waals surface area contributed by atoms with Gasteiger partial charge in [0.2, 0.25) is 0 Å². The van der Waals surface area contributed by atoms with Gasteiger partial charge in [-0.3, -0.25) is 0 Å². The topological polar surface area (TPSA) is 116 Å². The van der Waals surface area contributed by atoms with Gasteiger partial charge in [0.1, 0.15) is 18.3 Å². The normalized spacial score (nSPS) is 40.6. The molecule has 1 saturated heterocycles. The Morgan fingerprint density at radius 2 is 1.73 bits per heavy atom. The molecular formula is C8H18ClNO5. The smallest absolute Gasteiger partial charge is 0.173 e. The summed E-state index contributed by atoms with van der Waals surface area (Å²) in [6, 6.07) is -1.04. The van der Waals surface area contributed by atoms with E-state index in [0.29, 0.717) is 0 Å². The molecule has 1 rings (SSSR count). The monoisotopic (exact) mass is 243 g/mol. The van der Waals surface area contributed by atoms with Crippen LogP contribution in [0.1, 0.15) is 6.92 Å². The fourth-order valence-electron chi connectivity index (χ4n) is 1.12. The molecule has 5 atom stereocenters. The predicted octanol–water partition coefficient (Wildman–Crippen LogP) is -2.01. The van der Waals surface area contributed by atoms with E-state index >= 15 is 0 Å². The minimum atomic E-state index is -1.35. The number of halogens is 1. The summed E-state index contributed by atoms with van der Waals surface area (Å²) in [4.78, 5) is 0. The van der Waals surface area contributed by atoms with Crippen LogP contribution in [0.2, 0.25) is 0 Å². The molecule has 92 valence electrons. The zero-order chi connectivity index (χ0) is 12.0. The minimum absolute atomic E-state index is 0.470. The molecule has 0 bridgehead atoms. The van der Waals surface area contributed by atoms with E-state index in [1.807, 2.05) is 6.92 Å². The molecule has 0 spiro atoms. The van der Waals surface area contributed by atoms with Gasteiger partial charge in [0, 0.05) is 5.88 Å². The Kier molecular flexibility index (Phi) is 7.37. The highest BCUT2D eigenvalue weighted by Gasteiger charge is 2.41. The largest absolute Gasteiger partial charge is 0.394 e. The lowest BCUT2D eigenvalue weighted by atomic mass is 9.98. The fraction of sp³-hybridized carbons (Fsp3) is 1.00. The number of nitrogens with two attached hydrogens (primary N) is 1. The first-order valence-electron chi connectivity index (χ1n) is 4.61. The number of rotatable bonds is 1. The van der Waals surface area contributed by atoms with Crippen LogP contribution in [0.15, 0.2) is 0 Å². The minimum Gasteiger partial charge on any atom is -0.394 e. The van der Waals surface area contributed by atoms with Gasteiger partial charge >= 0.3 is 0 Å². The average molecular weight is 244 g/mol. The van der Waals surface area contributed by atoms with E-state index in [4.69, 9.17) is 32.3 Å². The summed E-state index contributed by atoms with van der Waals surface area (Å²) in [5.41, 5.74) is 5.26. The highest BCUT2D eigenvalue weighted by atomic mass is 35.5. The quantitative estimate of drug-likeness (QED) is 0.340. The summed E-state index contributed by atoms with van der Waals surface area (Å²) in [5, 5.41) is 36.1. The Morgan fingerprint density at radius 1 is 1.27 bits per heavy atom. The number of hydrogen-bond acceptors (Lipinski definition) is 6. The van der Waals surface area contributed by atoms with Gasteiger partial charge < -0.3 is 30.9 Å². The van der Waals surface area contributed by atoms with Crippen molar-refractivity contribution in [1.29, 1.82) is 0 Å². The van der Waals surface area contributed by atoms with Gasteiger partial charge in [-0.25, -0.2) is 0 Å². The Bertz CT molecular complexity index is 168. The molecule has 0 saturated carbocycles. The second kappa shape index (κ2) is 7.34. The third kappa shape index (κ3) is 4.20. The van der Waals surface area contributed by atoms with Gasteiger partial charge in [-0.15, -0.1) is 11.6 Å². The van der Waals surface area contributed by atoms with Gasteiger partial charge in [0.05, 0.1) is 12.6 Å². The van der Waals surface area contributed by atoms with Crippen LogP contribution >= 0.6 is 11.6 Å². The number of aliphatic hydroxyl groups is 4. The molecule has 0 radical (unpaired) electrons. The summed E-state index contributed by atoms with van der Waals surface area (Å²) < 4.78 is 4.70. The van der Waals surface area contributed by atoms with Gasteiger partial charge in [0.25, 0.3) is 0 Å². The van der Waals surface area contributed by atoms with Crippen molar-refractivity contribution in [2.24, 2.45) is 5.73 Å². The lowest BCUT2D eigenvalue weighted by molar-refractivity contribution is -0.248. The zero-order valence-electron chi connectivity index (χ0n) is 8.45. The molecule has 0 aliphatic carbocycles. The first-order valence-corrected chi connectivity index (χ1v) is 5.15. The summed E-state index contributed by atoms with van der Waals surface area (Å²) >= 11 is 5.00. The standard InChI is InChI=1S/C6H13NO5.C2H5Cl/c7-3-5(10)4(9)2(1-8)12-6(3)11;1-2-3/h2-6,8-11H,1,7H2;2H2,1H3/t2-,3-,4-,5-,6?;/m1./s1. The maximum absolute atomic E-state index is 9.20. The van der Waals surface area contributed by atoms with Crippen molar-refractivity contribution in [3.63, 3.8) is 0 Å². The molecule has 1 aliphatic rings. The highest BCUT2D eigenvalue weighted by molar-refractivity contribution is 6.17. The van der Waals surface area contributed by atoms with Gasteiger partial charge in [-0.1, -0.05) is 6.92 Å². The molecule has 6 nitrogen and oxygen atoms in total. The molecule has 6 N–H and O–H groups in total. The number of ether oxygens (including phenoxy) is 1. The van der Waals surface area contributed by atoms with Gasteiger partial charge in [-0.2, -0.15) is 0 Å². The molecular weight excluding hydrogens is 226 g/mol. The van der Waals surface area contributed by atoms with Crippen molar-refractivity contribution in [2.45, 2.75) is 37.6 Å². The van der Waals surface area contributed by atoms with E-state index in [1.54, 1.807) is 0 Å². The lowest BCUT2D eigenvalue weighted by Gasteiger charge is -2.38. The van der Waals surface area contributed by atoms with Crippen LogP contribution in [0.4, 0.5) is 0 Å². The van der Waals surface area contributed by atoms with Crippen molar-refractivity contribution in [3.8, 4) is 0 Å². The van der Waals surface area contributed by atoms with E-state index in [9.17, 15) is 10.2 Å². The Balaban J connectivity index is 0.000000583. The maximum Gasteiger partial charge on any atom is 0.173 e. The first kappa shape index (κ1) is 15.0. The Labute approximate surface area is 93.2 Å². The third-order valence-electron chi connectivity index (χ3n) is 1.95. The number of alkyl halides is 1. The van der Waals surface area contributed by atoms with Crippen molar-refractivity contribution in [1.82, 2.24) is 0 Å². The molecule has 0 aromatic heterocycles. The summed E-state index contributed by atoms with van der Waals surface area (Å²) in [5.74, 6) is 0.722. The lowest BCUT2D eigenvalue weighted by Crippen LogP contribution is -2.61. The van der Waals surface area contributed by atoms with Crippen LogP contribution in [0.25, 0.3) is 0 Å². The third-order valence-corrected chi connectivity index (χ3v) is 1.95. The van der Waals surface area contributed by atoms with Gasteiger partial charge in [-0.05, 0) is 0 Å². The fourth-order valence-corrected chi connectivity index (χ4v) is 1.12. The van der Waals surface area contributed by atoms with E-state index < -0.39 is 37.3 Å². The van der Waals surface area contributed by atoms with Crippen LogP contribution in [0.3, 0.4) is 0 Å². The number of aliphatic hydroxyl groups excluding tert-OH is 4. The van der Waals surface area contributed by atoms with E-state index in [-0.39, 0.29) is 0 Å². The molecule has 0 aromatic rings. The number of hydrogen-bond donors (Lipinski definition) is 5. The summed E-state index contributed by atoms with van der Waals surface area (Å²) in [7, 11) is 0. The second-order valence-electron chi connectivity index (χ2n) is 3.07. The van der Waals surface area contributed by atoms with Crippen LogP contribution in [0.5, 0.6) is 0 Å². The molecule has 0 aromatic carbocycles. The zero-order valence-corrected chi connectivity index (χ0v) is 9.21. The van der Waals surface area contributed by atoms with Crippen LogP contribution < -0.4 is 5.73 Å². The summed E-state index contributed by atoms with van der Waals surface area (Å²) in [6.45, 7) is 1.42. The van der Waals surface area contributed by atoms with Gasteiger partial charge in [0.15, 0.2) is 6.29 Å². The van der Waals surface area contributed by atoms with Crippen molar-refractivity contribution < 1.29 is 25.2 Å². The van der Waals surface area contributed by atoms with Crippen LogP contribution in [0, 0.1) is 0 Å². The van der Waals surface area contributed by atoms with Crippen molar-refractivity contribution >= 4 is 11.6 Å². The van der Waals surface area contributed by atoms with Crippen molar-refractivity contribution in [2.75, 3.05) is 12.5 Å². The molecule has 1 heterocycles. The molecule has 1 aliphatic heterocycles. The maximum atomic E-state index is 9.20. The van der Waals surface area contributed by atoms with E-state index in [2.05, 4.69) is 0 Å². The Morgan fingerprint density at radius 3 is 2.13 bits per heavy atom. The van der Waals surface area contributed by atoms with E-state index in [1.165, 1.54) is 0 Å². The molecule has 0 amide bonds. The summed E-state index contributed by atoms with van der Waals surface area (Å²) in [6.07, 6.45) is -4.85. The Hall–Kier alpha value is 0.0500.